The molecule has 1 atom stereocenters. The van der Waals surface area contributed by atoms with E-state index in [1.807, 2.05) is 0 Å². The van der Waals surface area contributed by atoms with Crippen molar-refractivity contribution in [2.75, 3.05) is 24.3 Å². The smallest absolute Gasteiger partial charge is 0.363 e. The van der Waals surface area contributed by atoms with Crippen LogP contribution in [0.3, 0.4) is 0 Å². The number of hydrogen-bond acceptors (Lipinski definition) is 4. The third-order valence-corrected chi connectivity index (χ3v) is 3.24. The Kier molecular flexibility index (Phi) is 4.91. The second-order valence-corrected chi connectivity index (χ2v) is 5.36. The summed E-state index contributed by atoms with van der Waals surface area (Å²) in [4.78, 5) is 8.79. The normalized spacial score (nSPS) is 12.8. The van der Waals surface area contributed by atoms with E-state index in [0.29, 0.717) is 6.07 Å². The van der Waals surface area contributed by atoms with Crippen molar-refractivity contribution in [1.29, 1.82) is 0 Å². The van der Waals surface area contributed by atoms with Gasteiger partial charge in [-0.1, -0.05) is 6.07 Å². The minimum absolute atomic E-state index is 0.0478. The molecule has 0 aliphatic heterocycles. The molecule has 2 aromatic rings. The third kappa shape index (κ3) is 4.09. The number of halogens is 5. The molecule has 0 saturated carbocycles. The molecule has 0 amide bonds. The standard InChI is InChI=1S/C15H15F5N4/c1-8(10-5-4-9(16)6-11(10)17)21-14-22-12(15(18,19)20)7-13(23-14)24(2)3/h4-8H,1-3H3,(H,21,22,23). The summed E-state index contributed by atoms with van der Waals surface area (Å²) in [5.41, 5.74) is -1.03. The van der Waals surface area contributed by atoms with Crippen LogP contribution in [0.2, 0.25) is 0 Å². The van der Waals surface area contributed by atoms with Crippen LogP contribution >= 0.6 is 0 Å². The Hall–Kier alpha value is -2.45. The predicted octanol–water partition coefficient (Wildman–Crippen LogP) is 4.01. The van der Waals surface area contributed by atoms with Crippen molar-refractivity contribution in [3.05, 3.63) is 47.2 Å². The molecule has 0 aliphatic carbocycles. The summed E-state index contributed by atoms with van der Waals surface area (Å²) in [5, 5.41) is 2.61. The number of nitrogens with zero attached hydrogens (tertiary/aromatic N) is 3. The quantitative estimate of drug-likeness (QED) is 0.850. The topological polar surface area (TPSA) is 41.1 Å². The first-order valence-corrected chi connectivity index (χ1v) is 6.93. The van der Waals surface area contributed by atoms with Gasteiger partial charge in [0.2, 0.25) is 5.95 Å². The van der Waals surface area contributed by atoms with E-state index >= 15 is 0 Å². The zero-order valence-electron chi connectivity index (χ0n) is 13.1. The summed E-state index contributed by atoms with van der Waals surface area (Å²) in [6, 6.07) is 3.03. The molecule has 1 N–H and O–H groups in total. The monoisotopic (exact) mass is 346 g/mol. The van der Waals surface area contributed by atoms with E-state index in [4.69, 9.17) is 0 Å². The van der Waals surface area contributed by atoms with Gasteiger partial charge < -0.3 is 10.2 Å². The average molecular weight is 346 g/mol. The molecular formula is C15H15F5N4. The van der Waals surface area contributed by atoms with Gasteiger partial charge in [-0.15, -0.1) is 0 Å². The molecule has 1 heterocycles. The summed E-state index contributed by atoms with van der Waals surface area (Å²) in [7, 11) is 3.07. The van der Waals surface area contributed by atoms with Gasteiger partial charge in [-0.2, -0.15) is 18.2 Å². The van der Waals surface area contributed by atoms with Crippen molar-refractivity contribution in [2.45, 2.75) is 19.1 Å². The maximum absolute atomic E-state index is 13.8. The van der Waals surface area contributed by atoms with Gasteiger partial charge in [-0.05, 0) is 13.0 Å². The van der Waals surface area contributed by atoms with Gasteiger partial charge in [0.25, 0.3) is 0 Å². The molecular weight excluding hydrogens is 331 g/mol. The van der Waals surface area contributed by atoms with Crippen molar-refractivity contribution in [3.63, 3.8) is 0 Å². The Labute approximate surface area is 135 Å². The second kappa shape index (κ2) is 6.58. The Balaban J connectivity index is 2.36. The van der Waals surface area contributed by atoms with Crippen molar-refractivity contribution in [1.82, 2.24) is 9.97 Å². The minimum Gasteiger partial charge on any atom is -0.363 e. The predicted molar refractivity (Wildman–Crippen MR) is 79.8 cm³/mol. The lowest BCUT2D eigenvalue weighted by molar-refractivity contribution is -0.141. The van der Waals surface area contributed by atoms with Gasteiger partial charge in [0.1, 0.15) is 17.5 Å². The first-order chi connectivity index (χ1) is 11.1. The lowest BCUT2D eigenvalue weighted by Gasteiger charge is -2.19. The number of alkyl halides is 3. The van der Waals surface area contributed by atoms with Gasteiger partial charge in [-0.3, -0.25) is 0 Å². The average Bonchev–Trinajstić information content (AvgIpc) is 2.45. The SMILES string of the molecule is CC(Nc1nc(N(C)C)cc(C(F)(F)F)n1)c1ccc(F)cc1F. The van der Waals surface area contributed by atoms with Crippen LogP contribution in [0.5, 0.6) is 0 Å². The molecule has 24 heavy (non-hydrogen) atoms. The van der Waals surface area contributed by atoms with Crippen LogP contribution in [-0.4, -0.2) is 24.1 Å². The van der Waals surface area contributed by atoms with Gasteiger partial charge in [0, 0.05) is 31.8 Å². The molecule has 130 valence electrons. The Morgan fingerprint density at radius 2 is 1.75 bits per heavy atom. The summed E-state index contributed by atoms with van der Waals surface area (Å²) < 4.78 is 65.5. The van der Waals surface area contributed by atoms with Crippen LogP contribution in [0.1, 0.15) is 24.2 Å². The largest absolute Gasteiger partial charge is 0.433 e. The highest BCUT2D eigenvalue weighted by molar-refractivity contribution is 5.45. The van der Waals surface area contributed by atoms with Crippen LogP contribution in [-0.2, 0) is 6.18 Å². The molecule has 0 bridgehead atoms. The highest BCUT2D eigenvalue weighted by Gasteiger charge is 2.34. The zero-order valence-corrected chi connectivity index (χ0v) is 13.1. The highest BCUT2D eigenvalue weighted by atomic mass is 19.4. The second-order valence-electron chi connectivity index (χ2n) is 5.36. The molecule has 1 aromatic heterocycles. The summed E-state index contributed by atoms with van der Waals surface area (Å²) in [6.45, 7) is 1.51. The Morgan fingerprint density at radius 1 is 1.08 bits per heavy atom. The van der Waals surface area contributed by atoms with Crippen molar-refractivity contribution >= 4 is 11.8 Å². The Morgan fingerprint density at radius 3 is 2.29 bits per heavy atom. The third-order valence-electron chi connectivity index (χ3n) is 3.24. The summed E-state index contributed by atoms with van der Waals surface area (Å²) >= 11 is 0. The Bertz CT molecular complexity index is 730. The first-order valence-electron chi connectivity index (χ1n) is 6.93. The van der Waals surface area contributed by atoms with Crippen LogP contribution in [0.25, 0.3) is 0 Å². The highest BCUT2D eigenvalue weighted by Crippen LogP contribution is 2.31. The molecule has 2 rings (SSSR count). The van der Waals surface area contributed by atoms with Crippen LogP contribution in [0.15, 0.2) is 24.3 Å². The van der Waals surface area contributed by atoms with Gasteiger partial charge in [0.15, 0.2) is 5.69 Å². The van der Waals surface area contributed by atoms with E-state index < -0.39 is 29.5 Å². The van der Waals surface area contributed by atoms with E-state index in [9.17, 15) is 22.0 Å². The van der Waals surface area contributed by atoms with Crippen molar-refractivity contribution in [3.8, 4) is 0 Å². The van der Waals surface area contributed by atoms with Crippen LogP contribution in [0.4, 0.5) is 33.7 Å². The fraction of sp³-hybridized carbons (Fsp3) is 0.333. The summed E-state index contributed by atoms with van der Waals surface area (Å²) in [5.74, 6) is -1.81. The number of nitrogens with one attached hydrogen (secondary N) is 1. The van der Waals surface area contributed by atoms with E-state index in [0.717, 1.165) is 12.1 Å². The van der Waals surface area contributed by atoms with Crippen molar-refractivity contribution in [2.24, 2.45) is 0 Å². The molecule has 0 spiro atoms. The number of anilines is 2. The number of rotatable bonds is 4. The molecule has 4 nitrogen and oxygen atoms in total. The molecule has 0 fully saturated rings. The fourth-order valence-corrected chi connectivity index (χ4v) is 2.00. The van der Waals surface area contributed by atoms with Crippen molar-refractivity contribution < 1.29 is 22.0 Å². The molecule has 9 heteroatoms. The number of aromatic nitrogens is 2. The van der Waals surface area contributed by atoms with Gasteiger partial charge in [-0.25, -0.2) is 13.8 Å². The number of hydrogen-bond donors (Lipinski definition) is 1. The maximum atomic E-state index is 13.8. The molecule has 0 aliphatic rings. The lowest BCUT2D eigenvalue weighted by Crippen LogP contribution is -2.19. The first kappa shape index (κ1) is 17.9. The zero-order chi connectivity index (χ0) is 18.1. The summed E-state index contributed by atoms with van der Waals surface area (Å²) in [6.07, 6.45) is -4.64. The van der Waals surface area contributed by atoms with Gasteiger partial charge in [0.05, 0.1) is 6.04 Å². The van der Waals surface area contributed by atoms with E-state index in [-0.39, 0.29) is 17.3 Å². The van der Waals surface area contributed by atoms with E-state index in [1.165, 1.54) is 32.0 Å². The van der Waals surface area contributed by atoms with Crippen LogP contribution < -0.4 is 10.2 Å². The molecule has 1 unspecified atom stereocenters. The molecule has 1 aromatic carbocycles. The van der Waals surface area contributed by atoms with E-state index in [1.54, 1.807) is 0 Å². The molecule has 0 radical (unpaired) electrons. The number of benzene rings is 1. The minimum atomic E-state index is -4.64. The lowest BCUT2D eigenvalue weighted by atomic mass is 10.1. The van der Waals surface area contributed by atoms with Gasteiger partial charge >= 0.3 is 6.18 Å². The molecule has 0 saturated heterocycles. The van der Waals surface area contributed by atoms with Crippen LogP contribution in [0, 0.1) is 11.6 Å². The maximum Gasteiger partial charge on any atom is 0.433 e. The van der Waals surface area contributed by atoms with E-state index in [2.05, 4.69) is 15.3 Å². The fourth-order valence-electron chi connectivity index (χ4n) is 2.00.